The number of tetrazole rings is 1. The molecule has 21 heavy (non-hydrogen) atoms. The van der Waals surface area contributed by atoms with Crippen LogP contribution in [0.3, 0.4) is 0 Å². The third-order valence-electron chi connectivity index (χ3n) is 4.16. The molecule has 1 saturated heterocycles. The Morgan fingerprint density at radius 3 is 2.57 bits per heavy atom. The van der Waals surface area contributed by atoms with Crippen LogP contribution in [-0.2, 0) is 10.3 Å². The number of hydrogen-bond donors (Lipinski definition) is 0. The molecule has 1 aliphatic heterocycles. The lowest BCUT2D eigenvalue weighted by Gasteiger charge is -2.39. The molecule has 6 heteroatoms. The van der Waals surface area contributed by atoms with Crippen LogP contribution in [0, 0.1) is 6.92 Å². The van der Waals surface area contributed by atoms with Crippen LogP contribution in [-0.4, -0.2) is 51.4 Å². The summed E-state index contributed by atoms with van der Waals surface area (Å²) in [4.78, 5) is 2.37. The number of hydrogen-bond acceptors (Lipinski definition) is 5. The van der Waals surface area contributed by atoms with E-state index in [0.29, 0.717) is 0 Å². The Kier molecular flexibility index (Phi) is 3.73. The van der Waals surface area contributed by atoms with Gasteiger partial charge in [-0.05, 0) is 42.8 Å². The van der Waals surface area contributed by atoms with Gasteiger partial charge < -0.3 is 4.74 Å². The van der Waals surface area contributed by atoms with Gasteiger partial charge in [0.1, 0.15) is 0 Å². The Hall–Kier alpha value is -1.79. The normalized spacial score (nSPS) is 17.1. The topological polar surface area (TPSA) is 56.1 Å². The number of benzene rings is 1. The lowest BCUT2D eigenvalue weighted by atomic mass is 10.0. The van der Waals surface area contributed by atoms with E-state index in [1.165, 1.54) is 0 Å². The minimum absolute atomic E-state index is 0.241. The molecule has 112 valence electrons. The van der Waals surface area contributed by atoms with Crippen LogP contribution in [0.4, 0.5) is 0 Å². The van der Waals surface area contributed by atoms with Crippen LogP contribution in [0.2, 0.25) is 0 Å². The minimum Gasteiger partial charge on any atom is -0.379 e. The van der Waals surface area contributed by atoms with E-state index in [1.807, 2.05) is 22.9 Å². The van der Waals surface area contributed by atoms with Crippen molar-refractivity contribution in [1.29, 1.82) is 0 Å². The highest BCUT2D eigenvalue weighted by atomic mass is 16.5. The third kappa shape index (κ3) is 2.56. The minimum atomic E-state index is -0.241. The maximum atomic E-state index is 5.45. The molecular weight excluding hydrogens is 266 g/mol. The van der Waals surface area contributed by atoms with E-state index >= 15 is 0 Å². The van der Waals surface area contributed by atoms with Gasteiger partial charge in [0, 0.05) is 13.1 Å². The predicted molar refractivity (Wildman–Crippen MR) is 79.3 cm³/mol. The molecule has 2 aromatic rings. The fourth-order valence-corrected chi connectivity index (χ4v) is 2.80. The molecule has 0 saturated carbocycles. The van der Waals surface area contributed by atoms with Crippen LogP contribution in [0.15, 0.2) is 24.3 Å². The summed E-state index contributed by atoms with van der Waals surface area (Å²) in [5, 5.41) is 12.4. The molecule has 0 bridgehead atoms. The second-order valence-electron chi connectivity index (χ2n) is 5.86. The van der Waals surface area contributed by atoms with Crippen LogP contribution in [0.1, 0.15) is 25.2 Å². The Morgan fingerprint density at radius 1 is 1.14 bits per heavy atom. The predicted octanol–water partition coefficient (Wildman–Crippen LogP) is 1.54. The summed E-state index contributed by atoms with van der Waals surface area (Å²) in [5.74, 6) is 0.860. The van der Waals surface area contributed by atoms with Crippen LogP contribution < -0.4 is 0 Å². The van der Waals surface area contributed by atoms with Gasteiger partial charge in [-0.2, -0.15) is 4.68 Å². The van der Waals surface area contributed by atoms with Gasteiger partial charge in [0.05, 0.1) is 24.4 Å². The third-order valence-corrected chi connectivity index (χ3v) is 4.16. The molecule has 0 N–H and O–H groups in total. The van der Waals surface area contributed by atoms with Gasteiger partial charge in [-0.25, -0.2) is 0 Å². The fourth-order valence-electron chi connectivity index (χ4n) is 2.80. The highest BCUT2D eigenvalue weighted by Gasteiger charge is 2.35. The summed E-state index contributed by atoms with van der Waals surface area (Å²) in [6.07, 6.45) is 0. The summed E-state index contributed by atoms with van der Waals surface area (Å²) in [7, 11) is 0. The van der Waals surface area contributed by atoms with Crippen LogP contribution in [0.5, 0.6) is 0 Å². The lowest BCUT2D eigenvalue weighted by molar-refractivity contribution is -0.0155. The second-order valence-corrected chi connectivity index (χ2v) is 5.86. The molecule has 0 aliphatic carbocycles. The number of ether oxygens (including phenoxy) is 1. The van der Waals surface area contributed by atoms with Crippen molar-refractivity contribution in [2.45, 2.75) is 26.3 Å². The molecule has 1 fully saturated rings. The maximum absolute atomic E-state index is 5.45. The first kappa shape index (κ1) is 14.2. The van der Waals surface area contributed by atoms with Crippen LogP contribution in [0.25, 0.3) is 5.69 Å². The van der Waals surface area contributed by atoms with E-state index in [2.05, 4.69) is 47.3 Å². The van der Waals surface area contributed by atoms with E-state index in [9.17, 15) is 0 Å². The number of rotatable bonds is 3. The first-order valence-corrected chi connectivity index (χ1v) is 7.28. The number of nitrogens with zero attached hydrogens (tertiary/aromatic N) is 5. The van der Waals surface area contributed by atoms with Gasteiger partial charge in [0.15, 0.2) is 5.82 Å². The largest absolute Gasteiger partial charge is 0.379 e. The van der Waals surface area contributed by atoms with Crippen molar-refractivity contribution in [2.75, 3.05) is 26.3 Å². The molecule has 1 aromatic heterocycles. The zero-order valence-corrected chi connectivity index (χ0v) is 12.8. The zero-order chi connectivity index (χ0) is 14.9. The summed E-state index contributed by atoms with van der Waals surface area (Å²) < 4.78 is 7.30. The van der Waals surface area contributed by atoms with Crippen molar-refractivity contribution in [3.8, 4) is 5.69 Å². The Balaban J connectivity index is 2.00. The molecule has 1 aromatic carbocycles. The van der Waals surface area contributed by atoms with E-state index in [0.717, 1.165) is 43.4 Å². The summed E-state index contributed by atoms with van der Waals surface area (Å²) in [6.45, 7) is 9.71. The highest BCUT2D eigenvalue weighted by molar-refractivity contribution is 5.40. The van der Waals surface area contributed by atoms with E-state index < -0.39 is 0 Å². The van der Waals surface area contributed by atoms with Crippen LogP contribution >= 0.6 is 0 Å². The molecule has 1 aliphatic rings. The van der Waals surface area contributed by atoms with E-state index in [1.54, 1.807) is 0 Å². The first-order valence-electron chi connectivity index (χ1n) is 7.28. The molecule has 0 atom stereocenters. The molecule has 0 unspecified atom stereocenters. The SMILES string of the molecule is Cc1ccccc1-n1nnnc1C(C)(C)N1CCOCC1. The van der Waals surface area contributed by atoms with Crippen molar-refractivity contribution in [2.24, 2.45) is 0 Å². The number of aromatic nitrogens is 4. The molecule has 2 heterocycles. The Labute approximate surface area is 124 Å². The first-order chi connectivity index (χ1) is 10.1. The lowest BCUT2D eigenvalue weighted by Crippen LogP contribution is -2.49. The van der Waals surface area contributed by atoms with E-state index in [-0.39, 0.29) is 5.54 Å². The standard InChI is InChI=1S/C15H21N5O/c1-12-6-4-5-7-13(12)20-14(16-17-18-20)15(2,3)19-8-10-21-11-9-19/h4-7H,8-11H2,1-3H3. The number of para-hydroxylation sites is 1. The number of aryl methyl sites for hydroxylation is 1. The second kappa shape index (κ2) is 5.54. The summed E-state index contributed by atoms with van der Waals surface area (Å²) in [6, 6.07) is 8.15. The van der Waals surface area contributed by atoms with Crippen molar-refractivity contribution in [3.63, 3.8) is 0 Å². The number of morpholine rings is 1. The molecule has 0 amide bonds. The van der Waals surface area contributed by atoms with Gasteiger partial charge in [-0.3, -0.25) is 4.90 Å². The fraction of sp³-hybridized carbons (Fsp3) is 0.533. The van der Waals surface area contributed by atoms with E-state index in [4.69, 9.17) is 4.74 Å². The van der Waals surface area contributed by atoms with Gasteiger partial charge >= 0.3 is 0 Å². The average Bonchev–Trinajstić information content (AvgIpc) is 2.99. The van der Waals surface area contributed by atoms with Gasteiger partial charge in [-0.15, -0.1) is 5.10 Å². The van der Waals surface area contributed by atoms with Crippen molar-refractivity contribution in [3.05, 3.63) is 35.7 Å². The quantitative estimate of drug-likeness (QED) is 0.857. The molecule has 0 spiro atoms. The summed E-state index contributed by atoms with van der Waals surface area (Å²) in [5.41, 5.74) is 1.94. The summed E-state index contributed by atoms with van der Waals surface area (Å²) >= 11 is 0. The van der Waals surface area contributed by atoms with Crippen molar-refractivity contribution < 1.29 is 4.74 Å². The van der Waals surface area contributed by atoms with Crippen molar-refractivity contribution >= 4 is 0 Å². The Morgan fingerprint density at radius 2 is 1.86 bits per heavy atom. The molecule has 3 rings (SSSR count). The smallest absolute Gasteiger partial charge is 0.176 e. The molecule has 0 radical (unpaired) electrons. The van der Waals surface area contributed by atoms with Crippen molar-refractivity contribution in [1.82, 2.24) is 25.1 Å². The van der Waals surface area contributed by atoms with Gasteiger partial charge in [-0.1, -0.05) is 18.2 Å². The monoisotopic (exact) mass is 287 g/mol. The zero-order valence-electron chi connectivity index (χ0n) is 12.8. The highest BCUT2D eigenvalue weighted by Crippen LogP contribution is 2.28. The van der Waals surface area contributed by atoms with Gasteiger partial charge in [0.25, 0.3) is 0 Å². The molecular formula is C15H21N5O. The Bertz CT molecular complexity index is 616. The molecule has 6 nitrogen and oxygen atoms in total. The van der Waals surface area contributed by atoms with Gasteiger partial charge in [0.2, 0.25) is 0 Å². The average molecular weight is 287 g/mol. The maximum Gasteiger partial charge on any atom is 0.176 e.